The zero-order chi connectivity index (χ0) is 13.5. The Balaban J connectivity index is 1.78. The van der Waals surface area contributed by atoms with Gasteiger partial charge in [-0.15, -0.1) is 11.3 Å². The highest BCUT2D eigenvalue weighted by molar-refractivity contribution is 7.09. The third-order valence-corrected chi connectivity index (χ3v) is 3.88. The Morgan fingerprint density at radius 2 is 2.00 bits per heavy atom. The van der Waals surface area contributed by atoms with Crippen molar-refractivity contribution in [3.05, 3.63) is 52.2 Å². The molecule has 1 N–H and O–H groups in total. The summed E-state index contributed by atoms with van der Waals surface area (Å²) in [7, 11) is 0. The Bertz CT molecular complexity index is 464. The van der Waals surface area contributed by atoms with E-state index in [1.165, 1.54) is 10.4 Å². The molecule has 0 amide bonds. The van der Waals surface area contributed by atoms with Gasteiger partial charge in [0.25, 0.3) is 0 Å². The molecule has 1 aromatic heterocycles. The van der Waals surface area contributed by atoms with E-state index < -0.39 is 0 Å². The monoisotopic (exact) mass is 275 g/mol. The second-order valence-electron chi connectivity index (χ2n) is 4.64. The van der Waals surface area contributed by atoms with E-state index in [2.05, 4.69) is 41.9 Å². The van der Waals surface area contributed by atoms with Gasteiger partial charge in [-0.25, -0.2) is 0 Å². The predicted molar refractivity (Wildman–Crippen MR) is 81.9 cm³/mol. The molecule has 0 aliphatic rings. The van der Waals surface area contributed by atoms with Gasteiger partial charge < -0.3 is 10.1 Å². The molecule has 0 radical (unpaired) electrons. The maximum Gasteiger partial charge on any atom is 0.119 e. The number of hydrogen-bond acceptors (Lipinski definition) is 3. The highest BCUT2D eigenvalue weighted by Crippen LogP contribution is 2.13. The Morgan fingerprint density at radius 1 is 1.21 bits per heavy atom. The van der Waals surface area contributed by atoms with E-state index in [1.807, 2.05) is 30.4 Å². The number of hydrogen-bond donors (Lipinski definition) is 1. The second-order valence-corrected chi connectivity index (χ2v) is 5.67. The molecular weight excluding hydrogens is 254 g/mol. The first-order valence-electron chi connectivity index (χ1n) is 6.75. The van der Waals surface area contributed by atoms with Crippen molar-refractivity contribution in [2.75, 3.05) is 6.61 Å². The summed E-state index contributed by atoms with van der Waals surface area (Å²) in [6.07, 6.45) is 1.09. The molecule has 0 aliphatic heterocycles. The highest BCUT2D eigenvalue weighted by Gasteiger charge is 2.04. The SMILES string of the molecule is CCOc1ccc(CNC(C)Cc2cccs2)cc1. The summed E-state index contributed by atoms with van der Waals surface area (Å²) in [5, 5.41) is 5.69. The van der Waals surface area contributed by atoms with Crippen molar-refractivity contribution in [3.63, 3.8) is 0 Å². The van der Waals surface area contributed by atoms with Gasteiger partial charge in [-0.3, -0.25) is 0 Å². The minimum Gasteiger partial charge on any atom is -0.494 e. The van der Waals surface area contributed by atoms with Gasteiger partial charge in [0.1, 0.15) is 5.75 Å². The van der Waals surface area contributed by atoms with E-state index in [0.717, 1.165) is 25.3 Å². The Hall–Kier alpha value is -1.32. The average Bonchev–Trinajstić information content (AvgIpc) is 2.91. The van der Waals surface area contributed by atoms with Gasteiger partial charge in [0.05, 0.1) is 6.61 Å². The van der Waals surface area contributed by atoms with Crippen molar-refractivity contribution < 1.29 is 4.74 Å². The van der Waals surface area contributed by atoms with E-state index in [9.17, 15) is 0 Å². The molecular formula is C16H21NOS. The molecule has 0 saturated heterocycles. The summed E-state index contributed by atoms with van der Waals surface area (Å²) in [6, 6.07) is 13.1. The maximum absolute atomic E-state index is 5.44. The van der Waals surface area contributed by atoms with Crippen LogP contribution in [-0.2, 0) is 13.0 Å². The third-order valence-electron chi connectivity index (χ3n) is 2.98. The highest BCUT2D eigenvalue weighted by atomic mass is 32.1. The normalized spacial score (nSPS) is 12.3. The molecule has 2 aromatic rings. The lowest BCUT2D eigenvalue weighted by Crippen LogP contribution is -2.27. The first-order valence-corrected chi connectivity index (χ1v) is 7.63. The van der Waals surface area contributed by atoms with Crippen LogP contribution < -0.4 is 10.1 Å². The molecule has 0 spiro atoms. The molecule has 1 heterocycles. The summed E-state index contributed by atoms with van der Waals surface area (Å²) >= 11 is 1.82. The topological polar surface area (TPSA) is 21.3 Å². The van der Waals surface area contributed by atoms with Gasteiger partial charge in [0, 0.05) is 17.5 Å². The molecule has 3 heteroatoms. The van der Waals surface area contributed by atoms with Crippen LogP contribution in [0, 0.1) is 0 Å². The summed E-state index contributed by atoms with van der Waals surface area (Å²) in [4.78, 5) is 1.44. The van der Waals surface area contributed by atoms with Gasteiger partial charge >= 0.3 is 0 Å². The molecule has 0 fully saturated rings. The first kappa shape index (κ1) is 14.1. The van der Waals surface area contributed by atoms with Gasteiger partial charge in [-0.05, 0) is 49.4 Å². The van der Waals surface area contributed by atoms with E-state index in [0.29, 0.717) is 6.04 Å². The average molecular weight is 275 g/mol. The number of rotatable bonds is 7. The molecule has 1 aromatic carbocycles. The molecule has 2 nitrogen and oxygen atoms in total. The molecule has 2 rings (SSSR count). The Kier molecular flexibility index (Phi) is 5.43. The quantitative estimate of drug-likeness (QED) is 0.828. The largest absolute Gasteiger partial charge is 0.494 e. The molecule has 1 unspecified atom stereocenters. The lowest BCUT2D eigenvalue weighted by atomic mass is 10.1. The third kappa shape index (κ3) is 4.69. The van der Waals surface area contributed by atoms with E-state index in [4.69, 9.17) is 4.74 Å². The van der Waals surface area contributed by atoms with Crippen LogP contribution in [0.1, 0.15) is 24.3 Å². The van der Waals surface area contributed by atoms with Gasteiger partial charge in [-0.2, -0.15) is 0 Å². The molecule has 19 heavy (non-hydrogen) atoms. The number of nitrogens with one attached hydrogen (secondary N) is 1. The molecule has 0 saturated carbocycles. The summed E-state index contributed by atoms with van der Waals surface area (Å²) < 4.78 is 5.44. The number of benzene rings is 1. The van der Waals surface area contributed by atoms with Gasteiger partial charge in [-0.1, -0.05) is 18.2 Å². The zero-order valence-corrected chi connectivity index (χ0v) is 12.4. The Labute approximate surface area is 119 Å². The van der Waals surface area contributed by atoms with Crippen LogP contribution >= 0.6 is 11.3 Å². The van der Waals surface area contributed by atoms with Crippen LogP contribution in [0.25, 0.3) is 0 Å². The van der Waals surface area contributed by atoms with Crippen LogP contribution in [0.3, 0.4) is 0 Å². The lowest BCUT2D eigenvalue weighted by Gasteiger charge is -2.13. The second kappa shape index (κ2) is 7.31. The summed E-state index contributed by atoms with van der Waals surface area (Å²) in [6.45, 7) is 5.85. The number of ether oxygens (including phenoxy) is 1. The van der Waals surface area contributed by atoms with Crippen molar-refractivity contribution in [3.8, 4) is 5.75 Å². The molecule has 1 atom stereocenters. The molecule has 0 aliphatic carbocycles. The van der Waals surface area contributed by atoms with Gasteiger partial charge in [0.15, 0.2) is 0 Å². The fourth-order valence-electron chi connectivity index (χ4n) is 1.96. The minimum atomic E-state index is 0.491. The van der Waals surface area contributed by atoms with Crippen molar-refractivity contribution in [2.24, 2.45) is 0 Å². The van der Waals surface area contributed by atoms with Crippen LogP contribution in [0.15, 0.2) is 41.8 Å². The van der Waals surface area contributed by atoms with Crippen molar-refractivity contribution in [1.82, 2.24) is 5.32 Å². The minimum absolute atomic E-state index is 0.491. The molecule has 0 bridgehead atoms. The standard InChI is InChI=1S/C16H21NOS/c1-3-18-15-8-6-14(7-9-15)12-17-13(2)11-16-5-4-10-19-16/h4-10,13,17H,3,11-12H2,1-2H3. The van der Waals surface area contributed by atoms with E-state index in [-0.39, 0.29) is 0 Å². The van der Waals surface area contributed by atoms with Crippen LogP contribution in [0.5, 0.6) is 5.75 Å². The van der Waals surface area contributed by atoms with Crippen LogP contribution in [-0.4, -0.2) is 12.6 Å². The fraction of sp³-hybridized carbons (Fsp3) is 0.375. The van der Waals surface area contributed by atoms with Crippen LogP contribution in [0.2, 0.25) is 0 Å². The lowest BCUT2D eigenvalue weighted by molar-refractivity contribution is 0.340. The zero-order valence-electron chi connectivity index (χ0n) is 11.6. The van der Waals surface area contributed by atoms with Gasteiger partial charge in [0.2, 0.25) is 0 Å². The molecule has 102 valence electrons. The fourth-order valence-corrected chi connectivity index (χ4v) is 2.80. The summed E-state index contributed by atoms with van der Waals surface area (Å²) in [5.74, 6) is 0.942. The van der Waals surface area contributed by atoms with Crippen molar-refractivity contribution >= 4 is 11.3 Å². The predicted octanol–water partition coefficient (Wildman–Crippen LogP) is 3.87. The van der Waals surface area contributed by atoms with Crippen molar-refractivity contribution in [2.45, 2.75) is 32.9 Å². The van der Waals surface area contributed by atoms with E-state index in [1.54, 1.807) is 0 Å². The first-order chi connectivity index (χ1) is 9.28. The number of thiophene rings is 1. The van der Waals surface area contributed by atoms with Crippen LogP contribution in [0.4, 0.5) is 0 Å². The smallest absolute Gasteiger partial charge is 0.119 e. The Morgan fingerprint density at radius 3 is 2.63 bits per heavy atom. The van der Waals surface area contributed by atoms with E-state index >= 15 is 0 Å². The maximum atomic E-state index is 5.44. The van der Waals surface area contributed by atoms with Crippen molar-refractivity contribution in [1.29, 1.82) is 0 Å². The summed E-state index contributed by atoms with van der Waals surface area (Å²) in [5.41, 5.74) is 1.29.